The van der Waals surface area contributed by atoms with Crippen LogP contribution in [0.15, 0.2) is 63.9 Å². The van der Waals surface area contributed by atoms with Crippen LogP contribution in [0.5, 0.6) is 0 Å². The first-order chi connectivity index (χ1) is 12.5. The van der Waals surface area contributed by atoms with E-state index in [1.54, 1.807) is 12.1 Å². The van der Waals surface area contributed by atoms with Crippen molar-refractivity contribution in [3.8, 4) is 11.5 Å². The summed E-state index contributed by atoms with van der Waals surface area (Å²) in [4.78, 5) is 0.319. The van der Waals surface area contributed by atoms with Crippen LogP contribution >= 0.6 is 0 Å². The average molecular weight is 369 g/mol. The van der Waals surface area contributed by atoms with Gasteiger partial charge in [0.1, 0.15) is 0 Å². The summed E-state index contributed by atoms with van der Waals surface area (Å²) in [6.07, 6.45) is 0.668. The first kappa shape index (κ1) is 16.9. The summed E-state index contributed by atoms with van der Waals surface area (Å²) in [6, 6.07) is 16.5. The molecule has 1 atom stereocenters. The molecular formula is C19H19N3O3S. The predicted molar refractivity (Wildman–Crippen MR) is 97.0 cm³/mol. The maximum Gasteiger partial charge on any atom is 0.247 e. The lowest BCUT2D eigenvalue weighted by atomic mass is 10.1. The third kappa shape index (κ3) is 3.15. The second kappa shape index (κ2) is 6.66. The molecule has 0 radical (unpaired) electrons. The molecule has 2 heterocycles. The van der Waals surface area contributed by atoms with Gasteiger partial charge in [-0.05, 0) is 37.6 Å². The minimum absolute atomic E-state index is 0.0832. The zero-order chi connectivity index (χ0) is 18.1. The molecule has 0 amide bonds. The molecular weight excluding hydrogens is 350 g/mol. The standard InChI is InChI=1S/C19H19N3O3S/c1-14-7-9-17(10-8-14)26(23,24)22-12-11-16(13-22)19-21-20-18(25-19)15-5-3-2-4-6-15/h2-10,16H,11-13H2,1H3/t16-/m0/s1. The Morgan fingerprint density at radius 1 is 1.04 bits per heavy atom. The number of benzene rings is 2. The minimum Gasteiger partial charge on any atom is -0.420 e. The van der Waals surface area contributed by atoms with Gasteiger partial charge in [0.15, 0.2) is 0 Å². The van der Waals surface area contributed by atoms with E-state index in [4.69, 9.17) is 4.42 Å². The molecule has 134 valence electrons. The van der Waals surface area contributed by atoms with Crippen LogP contribution in [-0.4, -0.2) is 36.0 Å². The van der Waals surface area contributed by atoms with E-state index in [0.29, 0.717) is 36.2 Å². The van der Waals surface area contributed by atoms with Crippen molar-refractivity contribution in [1.29, 1.82) is 0 Å². The zero-order valence-electron chi connectivity index (χ0n) is 14.4. The fourth-order valence-corrected chi connectivity index (χ4v) is 4.60. The molecule has 1 aromatic heterocycles. The molecule has 0 spiro atoms. The maximum atomic E-state index is 12.8. The topological polar surface area (TPSA) is 76.3 Å². The number of sulfonamides is 1. The summed E-state index contributed by atoms with van der Waals surface area (Å²) in [5, 5.41) is 8.24. The molecule has 1 aliphatic rings. The predicted octanol–water partition coefficient (Wildman–Crippen LogP) is 3.22. The van der Waals surface area contributed by atoms with Gasteiger partial charge in [0.25, 0.3) is 0 Å². The van der Waals surface area contributed by atoms with E-state index in [0.717, 1.165) is 11.1 Å². The summed E-state index contributed by atoms with van der Waals surface area (Å²) < 4.78 is 32.9. The molecule has 1 saturated heterocycles. The van der Waals surface area contributed by atoms with Gasteiger partial charge in [-0.15, -0.1) is 10.2 Å². The third-order valence-corrected chi connectivity index (χ3v) is 6.50. The molecule has 4 rings (SSSR count). The largest absolute Gasteiger partial charge is 0.420 e. The number of hydrogen-bond donors (Lipinski definition) is 0. The summed E-state index contributed by atoms with van der Waals surface area (Å²) in [7, 11) is -3.50. The molecule has 0 saturated carbocycles. The Morgan fingerprint density at radius 2 is 1.77 bits per heavy atom. The van der Waals surface area contributed by atoms with E-state index >= 15 is 0 Å². The highest BCUT2D eigenvalue weighted by Crippen LogP contribution is 2.31. The molecule has 2 aromatic carbocycles. The Kier molecular flexibility index (Phi) is 4.34. The first-order valence-electron chi connectivity index (χ1n) is 8.50. The molecule has 26 heavy (non-hydrogen) atoms. The Labute approximate surface area is 152 Å². The van der Waals surface area contributed by atoms with Gasteiger partial charge in [0.05, 0.1) is 10.8 Å². The SMILES string of the molecule is Cc1ccc(S(=O)(=O)N2CC[C@H](c3nnc(-c4ccccc4)o3)C2)cc1. The average Bonchev–Trinajstić information content (AvgIpc) is 3.33. The van der Waals surface area contributed by atoms with Gasteiger partial charge in [-0.3, -0.25) is 0 Å². The van der Waals surface area contributed by atoms with Crippen molar-refractivity contribution in [2.24, 2.45) is 0 Å². The highest BCUT2D eigenvalue weighted by Gasteiger charge is 2.35. The number of hydrogen-bond acceptors (Lipinski definition) is 5. The smallest absolute Gasteiger partial charge is 0.247 e. The number of aromatic nitrogens is 2. The Morgan fingerprint density at radius 3 is 2.50 bits per heavy atom. The van der Waals surface area contributed by atoms with Gasteiger partial charge < -0.3 is 4.42 Å². The van der Waals surface area contributed by atoms with E-state index in [1.165, 1.54) is 4.31 Å². The highest BCUT2D eigenvalue weighted by atomic mass is 32.2. The quantitative estimate of drug-likeness (QED) is 0.706. The lowest BCUT2D eigenvalue weighted by molar-refractivity contribution is 0.440. The normalized spacial score (nSPS) is 18.3. The van der Waals surface area contributed by atoms with Gasteiger partial charge in [0, 0.05) is 18.7 Å². The molecule has 1 aliphatic heterocycles. The maximum absolute atomic E-state index is 12.8. The van der Waals surface area contributed by atoms with Crippen LogP contribution in [-0.2, 0) is 10.0 Å². The molecule has 7 heteroatoms. The number of nitrogens with zero attached hydrogens (tertiary/aromatic N) is 3. The van der Waals surface area contributed by atoms with E-state index in [9.17, 15) is 8.42 Å². The highest BCUT2D eigenvalue weighted by molar-refractivity contribution is 7.89. The van der Waals surface area contributed by atoms with Crippen molar-refractivity contribution >= 4 is 10.0 Å². The van der Waals surface area contributed by atoms with Gasteiger partial charge >= 0.3 is 0 Å². The minimum atomic E-state index is -3.50. The van der Waals surface area contributed by atoms with E-state index < -0.39 is 10.0 Å². The Bertz CT molecular complexity index is 998. The van der Waals surface area contributed by atoms with Crippen LogP contribution in [0.1, 0.15) is 23.8 Å². The second-order valence-electron chi connectivity index (χ2n) is 6.47. The zero-order valence-corrected chi connectivity index (χ0v) is 15.2. The van der Waals surface area contributed by atoms with Gasteiger partial charge in [-0.1, -0.05) is 35.9 Å². The van der Waals surface area contributed by atoms with Crippen LogP contribution in [0, 0.1) is 6.92 Å². The second-order valence-corrected chi connectivity index (χ2v) is 8.41. The summed E-state index contributed by atoms with van der Waals surface area (Å²) in [6.45, 7) is 2.73. The van der Waals surface area contributed by atoms with Crippen LogP contribution in [0.3, 0.4) is 0 Å². The molecule has 0 bridgehead atoms. The summed E-state index contributed by atoms with van der Waals surface area (Å²) in [5.41, 5.74) is 1.89. The molecule has 0 aliphatic carbocycles. The van der Waals surface area contributed by atoms with Gasteiger partial charge in [-0.2, -0.15) is 4.31 Å². The molecule has 3 aromatic rings. The van der Waals surface area contributed by atoms with Crippen LogP contribution in [0.2, 0.25) is 0 Å². The van der Waals surface area contributed by atoms with Crippen molar-refractivity contribution in [2.45, 2.75) is 24.2 Å². The van der Waals surface area contributed by atoms with Crippen molar-refractivity contribution in [3.63, 3.8) is 0 Å². The van der Waals surface area contributed by atoms with Crippen LogP contribution < -0.4 is 0 Å². The number of rotatable bonds is 4. The van der Waals surface area contributed by atoms with Crippen molar-refractivity contribution < 1.29 is 12.8 Å². The summed E-state index contributed by atoms with van der Waals surface area (Å²) in [5.74, 6) is 0.867. The van der Waals surface area contributed by atoms with E-state index in [-0.39, 0.29) is 5.92 Å². The van der Waals surface area contributed by atoms with E-state index in [2.05, 4.69) is 10.2 Å². The molecule has 6 nitrogen and oxygen atoms in total. The van der Waals surface area contributed by atoms with Crippen LogP contribution in [0.4, 0.5) is 0 Å². The fraction of sp³-hybridized carbons (Fsp3) is 0.263. The van der Waals surface area contributed by atoms with Gasteiger partial charge in [0.2, 0.25) is 21.8 Å². The van der Waals surface area contributed by atoms with Crippen molar-refractivity contribution in [1.82, 2.24) is 14.5 Å². The van der Waals surface area contributed by atoms with Crippen molar-refractivity contribution in [3.05, 3.63) is 66.1 Å². The Hall–Kier alpha value is -2.51. The third-order valence-electron chi connectivity index (χ3n) is 4.62. The fourth-order valence-electron chi connectivity index (χ4n) is 3.10. The Balaban J connectivity index is 1.52. The molecule has 0 N–H and O–H groups in total. The van der Waals surface area contributed by atoms with Crippen molar-refractivity contribution in [2.75, 3.05) is 13.1 Å². The van der Waals surface area contributed by atoms with Crippen LogP contribution in [0.25, 0.3) is 11.5 Å². The first-order valence-corrected chi connectivity index (χ1v) is 9.94. The molecule has 1 fully saturated rings. The van der Waals surface area contributed by atoms with E-state index in [1.807, 2.05) is 49.4 Å². The summed E-state index contributed by atoms with van der Waals surface area (Å²) >= 11 is 0. The lowest BCUT2D eigenvalue weighted by Crippen LogP contribution is -2.28. The lowest BCUT2D eigenvalue weighted by Gasteiger charge is -2.16. The molecule has 0 unspecified atom stereocenters. The monoisotopic (exact) mass is 369 g/mol. The number of aryl methyl sites for hydroxylation is 1. The van der Waals surface area contributed by atoms with Gasteiger partial charge in [-0.25, -0.2) is 8.42 Å².